The molecule has 0 spiro atoms. The van der Waals surface area contributed by atoms with Crippen LogP contribution in [0, 0.1) is 20.8 Å². The van der Waals surface area contributed by atoms with Crippen molar-refractivity contribution in [2.24, 2.45) is 0 Å². The standard InChI is InChI=1S/C16H17BrN2O2/c1-10-4-11(2)6-14(5-10)18-15(20)9-19-8-13(17)7-12(3)16(19)21/h4-8H,9H2,1-3H3,(H,18,20). The molecule has 1 aromatic heterocycles. The second-order valence-electron chi connectivity index (χ2n) is 5.20. The van der Waals surface area contributed by atoms with E-state index in [0.717, 1.165) is 21.3 Å². The summed E-state index contributed by atoms with van der Waals surface area (Å²) in [6.45, 7) is 5.67. The van der Waals surface area contributed by atoms with Crippen molar-refractivity contribution in [1.82, 2.24) is 4.57 Å². The topological polar surface area (TPSA) is 51.1 Å². The molecule has 1 N–H and O–H groups in total. The van der Waals surface area contributed by atoms with Crippen LogP contribution in [0.1, 0.15) is 16.7 Å². The van der Waals surface area contributed by atoms with Gasteiger partial charge in [-0.15, -0.1) is 0 Å². The van der Waals surface area contributed by atoms with Crippen molar-refractivity contribution in [2.75, 3.05) is 5.32 Å². The SMILES string of the molecule is Cc1cc(C)cc(NC(=O)Cn2cc(Br)cc(C)c2=O)c1. The summed E-state index contributed by atoms with van der Waals surface area (Å²) in [7, 11) is 0. The van der Waals surface area contributed by atoms with Gasteiger partial charge in [0.25, 0.3) is 5.56 Å². The number of nitrogens with one attached hydrogen (secondary N) is 1. The average molecular weight is 349 g/mol. The van der Waals surface area contributed by atoms with Crippen LogP contribution in [0.5, 0.6) is 0 Å². The third-order valence-corrected chi connectivity index (χ3v) is 3.48. The summed E-state index contributed by atoms with van der Waals surface area (Å²) >= 11 is 3.33. The fourth-order valence-electron chi connectivity index (χ4n) is 2.26. The van der Waals surface area contributed by atoms with Gasteiger partial charge in [-0.05, 0) is 66.0 Å². The summed E-state index contributed by atoms with van der Waals surface area (Å²) in [5.41, 5.74) is 3.36. The Labute approximate surface area is 131 Å². The van der Waals surface area contributed by atoms with Crippen LogP contribution in [0.3, 0.4) is 0 Å². The van der Waals surface area contributed by atoms with Gasteiger partial charge < -0.3 is 9.88 Å². The molecule has 1 aromatic carbocycles. The summed E-state index contributed by atoms with van der Waals surface area (Å²) in [6.07, 6.45) is 1.62. The Morgan fingerprint density at radius 2 is 1.76 bits per heavy atom. The maximum atomic E-state index is 12.1. The zero-order chi connectivity index (χ0) is 15.6. The van der Waals surface area contributed by atoms with Crippen LogP contribution in [-0.4, -0.2) is 10.5 Å². The maximum Gasteiger partial charge on any atom is 0.253 e. The van der Waals surface area contributed by atoms with Crippen LogP contribution >= 0.6 is 15.9 Å². The lowest BCUT2D eigenvalue weighted by Crippen LogP contribution is -2.28. The number of aryl methyl sites for hydroxylation is 3. The molecule has 0 aliphatic carbocycles. The lowest BCUT2D eigenvalue weighted by atomic mass is 10.1. The van der Waals surface area contributed by atoms with E-state index in [1.807, 2.05) is 32.0 Å². The molecule has 110 valence electrons. The Balaban J connectivity index is 2.17. The van der Waals surface area contributed by atoms with Gasteiger partial charge in [0, 0.05) is 21.9 Å². The van der Waals surface area contributed by atoms with Crippen LogP contribution in [-0.2, 0) is 11.3 Å². The first-order chi connectivity index (χ1) is 9.85. The lowest BCUT2D eigenvalue weighted by molar-refractivity contribution is -0.116. The average Bonchev–Trinajstić information content (AvgIpc) is 2.33. The highest BCUT2D eigenvalue weighted by Gasteiger charge is 2.08. The Bertz CT molecular complexity index is 730. The number of pyridine rings is 1. The number of aromatic nitrogens is 1. The molecule has 0 radical (unpaired) electrons. The van der Waals surface area contributed by atoms with Crippen molar-refractivity contribution in [3.8, 4) is 0 Å². The van der Waals surface area contributed by atoms with Gasteiger partial charge in [0.05, 0.1) is 0 Å². The molecular formula is C16H17BrN2O2. The molecule has 1 amide bonds. The number of halogens is 1. The number of amides is 1. The van der Waals surface area contributed by atoms with Gasteiger partial charge in [-0.2, -0.15) is 0 Å². The molecule has 0 atom stereocenters. The molecule has 0 saturated carbocycles. The van der Waals surface area contributed by atoms with E-state index >= 15 is 0 Å². The molecule has 0 bridgehead atoms. The van der Waals surface area contributed by atoms with Crippen molar-refractivity contribution in [3.05, 3.63) is 62.0 Å². The van der Waals surface area contributed by atoms with E-state index in [1.54, 1.807) is 19.2 Å². The van der Waals surface area contributed by atoms with Crippen LogP contribution in [0.4, 0.5) is 5.69 Å². The van der Waals surface area contributed by atoms with Gasteiger partial charge in [-0.1, -0.05) is 6.07 Å². The Morgan fingerprint density at radius 1 is 1.14 bits per heavy atom. The third kappa shape index (κ3) is 4.04. The van der Waals surface area contributed by atoms with E-state index in [1.165, 1.54) is 4.57 Å². The van der Waals surface area contributed by atoms with Crippen molar-refractivity contribution < 1.29 is 4.79 Å². The molecule has 0 aliphatic heterocycles. The molecule has 0 saturated heterocycles. The van der Waals surface area contributed by atoms with Crippen LogP contribution in [0.25, 0.3) is 0 Å². The summed E-state index contributed by atoms with van der Waals surface area (Å²) in [5, 5.41) is 2.82. The van der Waals surface area contributed by atoms with E-state index in [9.17, 15) is 9.59 Å². The first kappa shape index (κ1) is 15.5. The molecule has 4 nitrogen and oxygen atoms in total. The normalized spacial score (nSPS) is 10.5. The fourth-order valence-corrected chi connectivity index (χ4v) is 2.85. The Morgan fingerprint density at radius 3 is 2.38 bits per heavy atom. The number of hydrogen-bond acceptors (Lipinski definition) is 2. The summed E-state index contributed by atoms with van der Waals surface area (Å²) in [6, 6.07) is 7.58. The summed E-state index contributed by atoms with van der Waals surface area (Å²) < 4.78 is 2.18. The number of rotatable bonds is 3. The molecule has 2 aromatic rings. The highest BCUT2D eigenvalue weighted by Crippen LogP contribution is 2.14. The van der Waals surface area contributed by atoms with Crippen molar-refractivity contribution in [1.29, 1.82) is 0 Å². The van der Waals surface area contributed by atoms with Gasteiger partial charge in [0.1, 0.15) is 6.54 Å². The first-order valence-electron chi connectivity index (χ1n) is 6.60. The second kappa shape index (κ2) is 6.26. The monoisotopic (exact) mass is 348 g/mol. The van der Waals surface area contributed by atoms with Crippen molar-refractivity contribution >= 4 is 27.5 Å². The van der Waals surface area contributed by atoms with Gasteiger partial charge >= 0.3 is 0 Å². The largest absolute Gasteiger partial charge is 0.325 e. The van der Waals surface area contributed by atoms with Crippen LogP contribution in [0.15, 0.2) is 39.7 Å². The van der Waals surface area contributed by atoms with Crippen molar-refractivity contribution in [3.63, 3.8) is 0 Å². The van der Waals surface area contributed by atoms with Crippen LogP contribution < -0.4 is 10.9 Å². The highest BCUT2D eigenvalue weighted by atomic mass is 79.9. The third-order valence-electron chi connectivity index (χ3n) is 3.05. The number of nitrogens with zero attached hydrogens (tertiary/aromatic N) is 1. The molecule has 0 aliphatic rings. The van der Waals surface area contributed by atoms with E-state index in [-0.39, 0.29) is 18.0 Å². The molecule has 2 rings (SSSR count). The van der Waals surface area contributed by atoms with Crippen LogP contribution in [0.2, 0.25) is 0 Å². The Hall–Kier alpha value is -1.88. The highest BCUT2D eigenvalue weighted by molar-refractivity contribution is 9.10. The predicted octanol–water partition coefficient (Wildman–Crippen LogP) is 3.17. The molecule has 1 heterocycles. The van der Waals surface area contributed by atoms with E-state index in [0.29, 0.717) is 5.56 Å². The summed E-state index contributed by atoms with van der Waals surface area (Å²) in [4.78, 5) is 24.1. The second-order valence-corrected chi connectivity index (χ2v) is 6.11. The fraction of sp³-hybridized carbons (Fsp3) is 0.250. The van der Waals surface area contributed by atoms with Gasteiger partial charge in [-0.25, -0.2) is 0 Å². The van der Waals surface area contributed by atoms with Gasteiger partial charge in [0.15, 0.2) is 0 Å². The quantitative estimate of drug-likeness (QED) is 0.925. The minimum absolute atomic E-state index is 0.00783. The molecular weight excluding hydrogens is 332 g/mol. The number of hydrogen-bond donors (Lipinski definition) is 1. The maximum absolute atomic E-state index is 12.1. The zero-order valence-electron chi connectivity index (χ0n) is 12.2. The molecule has 0 fully saturated rings. The zero-order valence-corrected chi connectivity index (χ0v) is 13.8. The van der Waals surface area contributed by atoms with Gasteiger partial charge in [-0.3, -0.25) is 9.59 Å². The number of carbonyl (C=O) groups excluding carboxylic acids is 1. The molecule has 21 heavy (non-hydrogen) atoms. The molecule has 5 heteroatoms. The minimum Gasteiger partial charge on any atom is -0.325 e. The number of benzene rings is 1. The van der Waals surface area contributed by atoms with E-state index < -0.39 is 0 Å². The van der Waals surface area contributed by atoms with Crippen molar-refractivity contribution in [2.45, 2.75) is 27.3 Å². The number of anilines is 1. The number of carbonyl (C=O) groups is 1. The molecule has 0 unspecified atom stereocenters. The van der Waals surface area contributed by atoms with E-state index in [2.05, 4.69) is 21.2 Å². The summed E-state index contributed by atoms with van der Waals surface area (Å²) in [5.74, 6) is -0.223. The predicted molar refractivity (Wildman–Crippen MR) is 87.7 cm³/mol. The smallest absolute Gasteiger partial charge is 0.253 e. The minimum atomic E-state index is -0.223. The van der Waals surface area contributed by atoms with E-state index in [4.69, 9.17) is 0 Å². The Kier molecular flexibility index (Phi) is 4.63. The van der Waals surface area contributed by atoms with Gasteiger partial charge in [0.2, 0.25) is 5.91 Å². The lowest BCUT2D eigenvalue weighted by Gasteiger charge is -2.10. The first-order valence-corrected chi connectivity index (χ1v) is 7.39.